The number of hydroxylamine groups is 1. The average molecular weight is 480 g/mol. The van der Waals surface area contributed by atoms with Crippen LogP contribution in [-0.2, 0) is 23.4 Å². The van der Waals surface area contributed by atoms with Gasteiger partial charge in [0.15, 0.2) is 23.7 Å². The minimum absolute atomic E-state index is 0.0716. The van der Waals surface area contributed by atoms with Crippen LogP contribution in [0.1, 0.15) is 13.2 Å². The lowest BCUT2D eigenvalue weighted by molar-refractivity contribution is -0.148. The highest BCUT2D eigenvalue weighted by Crippen LogP contribution is 2.34. The standard InChI is InChI=1S/C18H21N6O8P/c1-10(17(26)27)24(32-11-5-3-2-4-6-11)33(28)30-8-13-29-7-12(31-13)23-9-20-14-15(23)21-18(19)22-16(14)25/h2-6,9-10,12-13,33H,7-8H2,1H3,(H,26,27)(H3,19,21,22,25)/t10?,12-,13-/m1/s1. The second-order valence-electron chi connectivity index (χ2n) is 6.95. The fourth-order valence-electron chi connectivity index (χ4n) is 3.00. The molecule has 3 aromatic rings. The molecule has 3 heterocycles. The summed E-state index contributed by atoms with van der Waals surface area (Å²) in [6, 6.07) is 7.06. The number of rotatable bonds is 9. The molecule has 4 rings (SSSR count). The molecule has 1 aromatic carbocycles. The van der Waals surface area contributed by atoms with E-state index < -0.39 is 38.3 Å². The summed E-state index contributed by atoms with van der Waals surface area (Å²) in [5.74, 6) is -1.01. The van der Waals surface area contributed by atoms with E-state index in [0.29, 0.717) is 5.75 Å². The van der Waals surface area contributed by atoms with E-state index in [1.807, 2.05) is 0 Å². The summed E-state index contributed by atoms with van der Waals surface area (Å²) in [6.45, 7) is 1.13. The number of carboxylic acids is 1. The van der Waals surface area contributed by atoms with E-state index in [4.69, 9.17) is 24.6 Å². The second-order valence-corrected chi connectivity index (χ2v) is 8.21. The Labute approximate surface area is 186 Å². The lowest BCUT2D eigenvalue weighted by Crippen LogP contribution is -2.37. The first-order valence-electron chi connectivity index (χ1n) is 9.74. The molecule has 4 atom stereocenters. The summed E-state index contributed by atoms with van der Waals surface area (Å²) in [5.41, 5.74) is 5.42. The maximum absolute atomic E-state index is 12.7. The Morgan fingerprint density at radius 3 is 2.94 bits per heavy atom. The highest BCUT2D eigenvalue weighted by molar-refractivity contribution is 7.36. The Balaban J connectivity index is 1.40. The van der Waals surface area contributed by atoms with Gasteiger partial charge in [-0.25, -0.2) is 4.98 Å². The molecule has 1 aliphatic rings. The van der Waals surface area contributed by atoms with Gasteiger partial charge in [0.05, 0.1) is 12.9 Å². The Morgan fingerprint density at radius 1 is 1.45 bits per heavy atom. The van der Waals surface area contributed by atoms with Crippen molar-refractivity contribution in [2.75, 3.05) is 18.9 Å². The lowest BCUT2D eigenvalue weighted by Gasteiger charge is -2.25. The van der Waals surface area contributed by atoms with Gasteiger partial charge in [0.1, 0.15) is 18.4 Å². The number of aromatic nitrogens is 4. The van der Waals surface area contributed by atoms with Gasteiger partial charge in [-0.05, 0) is 19.1 Å². The van der Waals surface area contributed by atoms with E-state index in [0.717, 1.165) is 4.83 Å². The van der Waals surface area contributed by atoms with E-state index in [9.17, 15) is 19.3 Å². The van der Waals surface area contributed by atoms with Crippen LogP contribution >= 0.6 is 8.18 Å². The number of benzene rings is 1. The number of anilines is 1. The first-order chi connectivity index (χ1) is 15.8. The van der Waals surface area contributed by atoms with Crippen molar-refractivity contribution >= 4 is 31.3 Å². The zero-order chi connectivity index (χ0) is 23.5. The molecule has 176 valence electrons. The van der Waals surface area contributed by atoms with Gasteiger partial charge >= 0.3 is 5.97 Å². The van der Waals surface area contributed by atoms with Crippen LogP contribution < -0.4 is 16.1 Å². The van der Waals surface area contributed by atoms with E-state index in [2.05, 4.69) is 15.0 Å². The third-order valence-corrected chi connectivity index (χ3v) is 5.93. The number of hydrogen-bond acceptors (Lipinski definition) is 10. The van der Waals surface area contributed by atoms with Gasteiger partial charge in [-0.1, -0.05) is 23.0 Å². The van der Waals surface area contributed by atoms with E-state index in [1.54, 1.807) is 30.3 Å². The monoisotopic (exact) mass is 480 g/mol. The molecule has 33 heavy (non-hydrogen) atoms. The number of aliphatic carboxylic acids is 1. The second kappa shape index (κ2) is 9.68. The van der Waals surface area contributed by atoms with Crippen molar-refractivity contribution in [2.45, 2.75) is 25.5 Å². The number of fused-ring (bicyclic) bond motifs is 1. The smallest absolute Gasteiger partial charge is 0.324 e. The predicted octanol–water partition coefficient (Wildman–Crippen LogP) is 0.749. The fraction of sp³-hybridized carbons (Fsp3) is 0.333. The average Bonchev–Trinajstić information content (AvgIpc) is 3.43. The number of nitrogen functional groups attached to an aromatic ring is 1. The summed E-state index contributed by atoms with van der Waals surface area (Å²) in [4.78, 5) is 40.1. The number of para-hydroxylation sites is 1. The minimum Gasteiger partial charge on any atom is -0.480 e. The Bertz CT molecular complexity index is 1220. The largest absolute Gasteiger partial charge is 0.480 e. The molecule has 0 amide bonds. The maximum Gasteiger partial charge on any atom is 0.324 e. The van der Waals surface area contributed by atoms with Crippen molar-refractivity contribution in [2.24, 2.45) is 0 Å². The van der Waals surface area contributed by atoms with Crippen LogP contribution in [0.2, 0.25) is 0 Å². The summed E-state index contributed by atoms with van der Waals surface area (Å²) in [5, 5.41) is 9.33. The molecule has 0 aliphatic carbocycles. The molecule has 2 unspecified atom stereocenters. The molecule has 1 saturated heterocycles. The van der Waals surface area contributed by atoms with Gasteiger partial charge in [-0.2, -0.15) is 4.98 Å². The van der Waals surface area contributed by atoms with Crippen LogP contribution in [0, 0.1) is 0 Å². The highest BCUT2D eigenvalue weighted by Gasteiger charge is 2.33. The first-order valence-corrected chi connectivity index (χ1v) is 11.0. The molecule has 1 aliphatic heterocycles. The van der Waals surface area contributed by atoms with E-state index >= 15 is 0 Å². The number of carboxylic acid groups (broad SMARTS) is 1. The van der Waals surface area contributed by atoms with Crippen molar-refractivity contribution in [1.29, 1.82) is 0 Å². The third kappa shape index (κ3) is 5.05. The summed E-state index contributed by atoms with van der Waals surface area (Å²) < 4.78 is 30.8. The van der Waals surface area contributed by atoms with Crippen molar-refractivity contribution in [1.82, 2.24) is 24.4 Å². The van der Waals surface area contributed by atoms with Crippen LogP contribution in [0.15, 0.2) is 41.5 Å². The number of hydrogen-bond donors (Lipinski definition) is 3. The number of aromatic amines is 1. The number of nitrogens with one attached hydrogen (secondary N) is 1. The topological polar surface area (TPSA) is 184 Å². The van der Waals surface area contributed by atoms with Gasteiger partial charge in [0.25, 0.3) is 13.7 Å². The van der Waals surface area contributed by atoms with Gasteiger partial charge in [-0.3, -0.25) is 23.7 Å². The molecule has 4 N–H and O–H groups in total. The number of carbonyl (C=O) groups is 1. The first kappa shape index (κ1) is 22.9. The summed E-state index contributed by atoms with van der Waals surface area (Å²) in [6.07, 6.45) is -0.232. The van der Waals surface area contributed by atoms with Crippen molar-refractivity contribution in [3.63, 3.8) is 0 Å². The Hall–Kier alpha value is -3.29. The number of nitrogens with two attached hydrogens (primary N) is 1. The van der Waals surface area contributed by atoms with E-state index in [1.165, 1.54) is 17.8 Å². The number of ether oxygens (including phenoxy) is 2. The molecule has 0 radical (unpaired) electrons. The van der Waals surface area contributed by atoms with Crippen molar-refractivity contribution in [3.8, 4) is 5.75 Å². The van der Waals surface area contributed by atoms with Gasteiger partial charge in [0.2, 0.25) is 5.95 Å². The zero-order valence-corrected chi connectivity index (χ0v) is 18.3. The quantitative estimate of drug-likeness (QED) is 0.289. The van der Waals surface area contributed by atoms with Crippen molar-refractivity contribution < 1.29 is 33.3 Å². The van der Waals surface area contributed by atoms with Crippen molar-refractivity contribution in [3.05, 3.63) is 47.0 Å². The van der Waals surface area contributed by atoms with Crippen LogP contribution in [0.3, 0.4) is 0 Å². The highest BCUT2D eigenvalue weighted by atomic mass is 31.1. The third-order valence-electron chi connectivity index (χ3n) is 4.67. The van der Waals surface area contributed by atoms with Crippen LogP contribution in [-0.4, -0.2) is 61.0 Å². The molecular weight excluding hydrogens is 459 g/mol. The normalized spacial score (nSPS) is 20.2. The number of nitrogens with zero attached hydrogens (tertiary/aromatic N) is 4. The van der Waals surface area contributed by atoms with Gasteiger partial charge in [0, 0.05) is 0 Å². The Kier molecular flexibility index (Phi) is 6.72. The summed E-state index contributed by atoms with van der Waals surface area (Å²) >= 11 is 0. The number of imidazole rings is 1. The molecule has 0 spiro atoms. The molecule has 2 aromatic heterocycles. The molecular formula is C18H21N6O8P. The minimum atomic E-state index is -3.15. The van der Waals surface area contributed by atoms with Crippen LogP contribution in [0.25, 0.3) is 11.2 Å². The molecule has 0 bridgehead atoms. The SMILES string of the molecule is CC(C(=O)O)N(Oc1ccccc1)[PH](=O)OC[C@@H]1OC[C@H](n2cnc3c(=O)[nH]c(N)nc32)O1. The fourth-order valence-corrected chi connectivity index (χ4v) is 4.02. The van der Waals surface area contributed by atoms with Gasteiger partial charge < -0.3 is 29.7 Å². The summed E-state index contributed by atoms with van der Waals surface area (Å²) in [7, 11) is -3.15. The number of H-pyrrole nitrogens is 1. The molecule has 0 saturated carbocycles. The lowest BCUT2D eigenvalue weighted by atomic mass is 10.3. The Morgan fingerprint density at radius 2 is 2.21 bits per heavy atom. The van der Waals surface area contributed by atoms with E-state index in [-0.39, 0.29) is 30.3 Å². The molecule has 15 heteroatoms. The van der Waals surface area contributed by atoms with Crippen LogP contribution in [0.5, 0.6) is 5.75 Å². The van der Waals surface area contributed by atoms with Crippen LogP contribution in [0.4, 0.5) is 5.95 Å². The predicted molar refractivity (Wildman–Crippen MR) is 113 cm³/mol. The molecule has 14 nitrogen and oxygen atoms in total. The van der Waals surface area contributed by atoms with Gasteiger partial charge in [-0.15, -0.1) is 0 Å². The molecule has 1 fully saturated rings. The zero-order valence-electron chi connectivity index (χ0n) is 17.3. The maximum atomic E-state index is 12.7.